The van der Waals surface area contributed by atoms with Gasteiger partial charge in [-0.15, -0.1) is 0 Å². The Hall–Kier alpha value is -2.28. The van der Waals surface area contributed by atoms with E-state index in [9.17, 15) is 9.59 Å². The number of carbonyl (C=O) groups excluding carboxylic acids is 2. The van der Waals surface area contributed by atoms with Crippen LogP contribution in [0, 0.1) is 0 Å². The van der Waals surface area contributed by atoms with Crippen LogP contribution in [-0.4, -0.2) is 44.8 Å². The lowest BCUT2D eigenvalue weighted by atomic mass is 10.2. The maximum absolute atomic E-state index is 11.8. The maximum atomic E-state index is 11.8. The van der Waals surface area contributed by atoms with Gasteiger partial charge in [0.1, 0.15) is 13.2 Å². The molecule has 1 aromatic carbocycles. The first kappa shape index (κ1) is 15.1. The zero-order valence-electron chi connectivity index (χ0n) is 12.0. The summed E-state index contributed by atoms with van der Waals surface area (Å²) < 4.78 is 15.7. The van der Waals surface area contributed by atoms with Crippen LogP contribution >= 0.6 is 0 Å². The van der Waals surface area contributed by atoms with Crippen molar-refractivity contribution in [1.29, 1.82) is 0 Å². The van der Waals surface area contributed by atoms with Crippen molar-refractivity contribution >= 4 is 17.5 Å². The summed E-state index contributed by atoms with van der Waals surface area (Å²) >= 11 is 0. The van der Waals surface area contributed by atoms with E-state index in [0.717, 1.165) is 0 Å². The van der Waals surface area contributed by atoms with Gasteiger partial charge in [0, 0.05) is 24.9 Å². The summed E-state index contributed by atoms with van der Waals surface area (Å²) in [5, 5.41) is 5.04. The molecule has 1 aliphatic rings. The van der Waals surface area contributed by atoms with Gasteiger partial charge in [-0.3, -0.25) is 9.59 Å². The fraction of sp³-hybridized carbons (Fsp3) is 0.429. The molecule has 0 unspecified atom stereocenters. The van der Waals surface area contributed by atoms with Crippen molar-refractivity contribution in [3.63, 3.8) is 0 Å². The van der Waals surface area contributed by atoms with Gasteiger partial charge in [0.25, 0.3) is 0 Å². The van der Waals surface area contributed by atoms with Crippen LogP contribution < -0.4 is 20.1 Å². The largest absolute Gasteiger partial charge is 0.486 e. The van der Waals surface area contributed by atoms with Crippen LogP contribution in [0.1, 0.15) is 6.92 Å². The molecule has 2 rings (SSSR count). The van der Waals surface area contributed by atoms with Gasteiger partial charge < -0.3 is 24.8 Å². The number of rotatable bonds is 4. The highest BCUT2D eigenvalue weighted by Crippen LogP contribution is 2.32. The Morgan fingerprint density at radius 3 is 2.67 bits per heavy atom. The molecule has 114 valence electrons. The van der Waals surface area contributed by atoms with Gasteiger partial charge in [-0.25, -0.2) is 0 Å². The number of anilines is 1. The molecular formula is C14H18N2O5. The zero-order chi connectivity index (χ0) is 15.2. The fourth-order valence-electron chi connectivity index (χ4n) is 1.89. The van der Waals surface area contributed by atoms with Gasteiger partial charge in [0.05, 0.1) is 6.61 Å². The van der Waals surface area contributed by atoms with Crippen LogP contribution in [0.25, 0.3) is 0 Å². The first-order chi connectivity index (χ1) is 10.1. The second-order valence-electron chi connectivity index (χ2n) is 4.64. The van der Waals surface area contributed by atoms with Crippen LogP contribution in [0.5, 0.6) is 11.5 Å². The SMILES string of the molecule is COC[C@@H](C)NC(=O)C(=O)Nc1ccc2c(c1)OCCO2. The van der Waals surface area contributed by atoms with E-state index in [2.05, 4.69) is 10.6 Å². The summed E-state index contributed by atoms with van der Waals surface area (Å²) in [5.41, 5.74) is 0.471. The quantitative estimate of drug-likeness (QED) is 0.792. The predicted octanol–water partition coefficient (Wildman–Crippen LogP) is 0.547. The number of nitrogens with one attached hydrogen (secondary N) is 2. The van der Waals surface area contributed by atoms with E-state index in [4.69, 9.17) is 14.2 Å². The maximum Gasteiger partial charge on any atom is 0.313 e. The van der Waals surface area contributed by atoms with Gasteiger partial charge in [-0.1, -0.05) is 0 Å². The Morgan fingerprint density at radius 2 is 1.95 bits per heavy atom. The standard InChI is InChI=1S/C14H18N2O5/c1-9(8-19-2)15-13(17)14(18)16-10-3-4-11-12(7-10)21-6-5-20-11/h3-4,7,9H,5-6,8H2,1-2H3,(H,15,17)(H,16,18)/t9-/m1/s1. The summed E-state index contributed by atoms with van der Waals surface area (Å²) in [4.78, 5) is 23.5. The minimum atomic E-state index is -0.741. The average molecular weight is 294 g/mol. The molecule has 0 fully saturated rings. The molecule has 0 radical (unpaired) electrons. The Kier molecular flexibility index (Phi) is 4.99. The van der Waals surface area contributed by atoms with Crippen molar-refractivity contribution in [1.82, 2.24) is 5.32 Å². The summed E-state index contributed by atoms with van der Waals surface area (Å²) in [6, 6.07) is 4.72. The molecule has 7 nitrogen and oxygen atoms in total. The lowest BCUT2D eigenvalue weighted by Crippen LogP contribution is -2.42. The lowest BCUT2D eigenvalue weighted by molar-refractivity contribution is -0.136. The molecule has 0 bridgehead atoms. The topological polar surface area (TPSA) is 85.9 Å². The van der Waals surface area contributed by atoms with E-state index in [1.54, 1.807) is 25.1 Å². The van der Waals surface area contributed by atoms with E-state index < -0.39 is 11.8 Å². The van der Waals surface area contributed by atoms with Crippen molar-refractivity contribution in [2.75, 3.05) is 32.2 Å². The van der Waals surface area contributed by atoms with Gasteiger partial charge >= 0.3 is 11.8 Å². The van der Waals surface area contributed by atoms with E-state index >= 15 is 0 Å². The zero-order valence-corrected chi connectivity index (χ0v) is 12.0. The molecule has 2 amide bonds. The molecule has 1 aromatic rings. The number of amides is 2. The Bertz CT molecular complexity index is 532. The normalized spacial score (nSPS) is 14.2. The molecule has 0 aromatic heterocycles. The smallest absolute Gasteiger partial charge is 0.313 e. The summed E-state index contributed by atoms with van der Waals surface area (Å²) in [6.07, 6.45) is 0. The van der Waals surface area contributed by atoms with Crippen molar-refractivity contribution in [3.8, 4) is 11.5 Å². The number of benzene rings is 1. The fourth-order valence-corrected chi connectivity index (χ4v) is 1.89. The van der Waals surface area contributed by atoms with E-state index in [1.165, 1.54) is 7.11 Å². The lowest BCUT2D eigenvalue weighted by Gasteiger charge is -2.19. The second kappa shape index (κ2) is 6.94. The van der Waals surface area contributed by atoms with Gasteiger partial charge in [0.15, 0.2) is 11.5 Å². The van der Waals surface area contributed by atoms with Crippen molar-refractivity contribution in [2.24, 2.45) is 0 Å². The molecule has 0 saturated heterocycles. The van der Waals surface area contributed by atoms with E-state index in [1.807, 2.05) is 0 Å². The van der Waals surface area contributed by atoms with Crippen LogP contribution in [-0.2, 0) is 14.3 Å². The minimum absolute atomic E-state index is 0.242. The third-order valence-electron chi connectivity index (χ3n) is 2.80. The molecule has 2 N–H and O–H groups in total. The van der Waals surface area contributed by atoms with E-state index in [0.29, 0.717) is 37.0 Å². The summed E-state index contributed by atoms with van der Waals surface area (Å²) in [7, 11) is 1.53. The monoisotopic (exact) mass is 294 g/mol. The third-order valence-corrected chi connectivity index (χ3v) is 2.80. The number of ether oxygens (including phenoxy) is 3. The molecule has 7 heteroatoms. The minimum Gasteiger partial charge on any atom is -0.486 e. The Labute approximate surface area is 122 Å². The third kappa shape index (κ3) is 4.09. The first-order valence-corrected chi connectivity index (χ1v) is 6.60. The Morgan fingerprint density at radius 1 is 1.24 bits per heavy atom. The molecule has 1 heterocycles. The van der Waals surface area contributed by atoms with Crippen LogP contribution in [0.3, 0.4) is 0 Å². The van der Waals surface area contributed by atoms with Gasteiger partial charge in [0.2, 0.25) is 0 Å². The molecular weight excluding hydrogens is 276 g/mol. The van der Waals surface area contributed by atoms with Crippen molar-refractivity contribution in [3.05, 3.63) is 18.2 Å². The van der Waals surface area contributed by atoms with E-state index in [-0.39, 0.29) is 6.04 Å². The highest BCUT2D eigenvalue weighted by atomic mass is 16.6. The molecule has 0 saturated carbocycles. The molecule has 0 spiro atoms. The van der Waals surface area contributed by atoms with Crippen LogP contribution in [0.15, 0.2) is 18.2 Å². The molecule has 0 aliphatic carbocycles. The van der Waals surface area contributed by atoms with Gasteiger partial charge in [-0.2, -0.15) is 0 Å². The van der Waals surface area contributed by atoms with Gasteiger partial charge in [-0.05, 0) is 19.1 Å². The number of carbonyl (C=O) groups is 2. The number of hydrogen-bond donors (Lipinski definition) is 2. The number of hydrogen-bond acceptors (Lipinski definition) is 5. The Balaban J connectivity index is 1.94. The number of fused-ring (bicyclic) bond motifs is 1. The molecule has 21 heavy (non-hydrogen) atoms. The average Bonchev–Trinajstić information content (AvgIpc) is 2.47. The summed E-state index contributed by atoms with van der Waals surface area (Å²) in [5.74, 6) is -0.284. The molecule has 1 atom stereocenters. The second-order valence-corrected chi connectivity index (χ2v) is 4.64. The highest BCUT2D eigenvalue weighted by molar-refractivity contribution is 6.39. The summed E-state index contributed by atoms with van der Waals surface area (Å²) in [6.45, 7) is 3.04. The predicted molar refractivity (Wildman–Crippen MR) is 75.5 cm³/mol. The van der Waals surface area contributed by atoms with Crippen molar-refractivity contribution in [2.45, 2.75) is 13.0 Å². The van der Waals surface area contributed by atoms with Crippen molar-refractivity contribution < 1.29 is 23.8 Å². The van der Waals surface area contributed by atoms with Crippen LogP contribution in [0.2, 0.25) is 0 Å². The molecule has 1 aliphatic heterocycles. The first-order valence-electron chi connectivity index (χ1n) is 6.60. The van der Waals surface area contributed by atoms with Crippen LogP contribution in [0.4, 0.5) is 5.69 Å². The highest BCUT2D eigenvalue weighted by Gasteiger charge is 2.18. The number of methoxy groups -OCH3 is 1.